The lowest BCUT2D eigenvalue weighted by Crippen LogP contribution is -2.06. The van der Waals surface area contributed by atoms with Crippen LogP contribution in [0.3, 0.4) is 0 Å². The summed E-state index contributed by atoms with van der Waals surface area (Å²) in [6.07, 6.45) is 1.67. The molecule has 0 amide bonds. The number of rotatable bonds is 3. The molecule has 0 unspecified atom stereocenters. The van der Waals surface area contributed by atoms with E-state index in [1.54, 1.807) is 18.3 Å². The largest absolute Gasteiger partial charge is 0.464 e. The number of aromatic nitrogens is 5. The van der Waals surface area contributed by atoms with Crippen LogP contribution in [-0.2, 0) is 4.74 Å². The standard InChI is InChI=1S/C15H13N5O2/c1-10-6-7-14(18-17-10)20-13(11-5-3-4-8-16-11)9-12(19-20)15(21)22-2/h3-9H,1-2H3. The summed E-state index contributed by atoms with van der Waals surface area (Å²) in [4.78, 5) is 16.0. The summed E-state index contributed by atoms with van der Waals surface area (Å²) >= 11 is 0. The molecule has 0 radical (unpaired) electrons. The number of carbonyl (C=O) groups is 1. The Morgan fingerprint density at radius 2 is 2.05 bits per heavy atom. The van der Waals surface area contributed by atoms with Gasteiger partial charge < -0.3 is 4.74 Å². The molecule has 3 aromatic rings. The molecule has 7 nitrogen and oxygen atoms in total. The molecule has 3 heterocycles. The number of nitrogens with zero attached hydrogens (tertiary/aromatic N) is 5. The third-order valence-corrected chi connectivity index (χ3v) is 3.03. The van der Waals surface area contributed by atoms with Gasteiger partial charge in [0.05, 0.1) is 24.2 Å². The monoisotopic (exact) mass is 295 g/mol. The van der Waals surface area contributed by atoms with E-state index in [2.05, 4.69) is 20.3 Å². The second kappa shape index (κ2) is 5.72. The SMILES string of the molecule is COC(=O)c1cc(-c2ccccn2)n(-c2ccc(C)nn2)n1. The van der Waals surface area contributed by atoms with Gasteiger partial charge in [-0.05, 0) is 31.2 Å². The highest BCUT2D eigenvalue weighted by atomic mass is 16.5. The quantitative estimate of drug-likeness (QED) is 0.685. The fraction of sp³-hybridized carbons (Fsp3) is 0.133. The topological polar surface area (TPSA) is 82.8 Å². The molecule has 0 spiro atoms. The minimum Gasteiger partial charge on any atom is -0.464 e. The molecule has 0 atom stereocenters. The van der Waals surface area contributed by atoms with Crippen LogP contribution >= 0.6 is 0 Å². The van der Waals surface area contributed by atoms with E-state index in [1.807, 2.05) is 31.2 Å². The Morgan fingerprint density at radius 1 is 1.18 bits per heavy atom. The average molecular weight is 295 g/mol. The molecule has 0 bridgehead atoms. The number of methoxy groups -OCH3 is 1. The molecule has 0 saturated carbocycles. The zero-order chi connectivity index (χ0) is 15.5. The van der Waals surface area contributed by atoms with Gasteiger partial charge in [0.1, 0.15) is 0 Å². The highest BCUT2D eigenvalue weighted by molar-refractivity contribution is 5.88. The van der Waals surface area contributed by atoms with Crippen molar-refractivity contribution in [1.82, 2.24) is 25.0 Å². The molecule has 0 aromatic carbocycles. The first-order valence-corrected chi connectivity index (χ1v) is 6.59. The van der Waals surface area contributed by atoms with Gasteiger partial charge in [-0.3, -0.25) is 4.98 Å². The molecule has 7 heteroatoms. The highest BCUT2D eigenvalue weighted by Gasteiger charge is 2.18. The molecule has 3 aromatic heterocycles. The molecule has 3 rings (SSSR count). The maximum Gasteiger partial charge on any atom is 0.358 e. The summed E-state index contributed by atoms with van der Waals surface area (Å²) in [5, 5.41) is 12.4. The Morgan fingerprint density at radius 3 is 2.68 bits per heavy atom. The number of aryl methyl sites for hydroxylation is 1. The van der Waals surface area contributed by atoms with Gasteiger partial charge in [-0.15, -0.1) is 5.10 Å². The number of carbonyl (C=O) groups excluding carboxylic acids is 1. The van der Waals surface area contributed by atoms with Crippen LogP contribution in [0.5, 0.6) is 0 Å². The van der Waals surface area contributed by atoms with Crippen molar-refractivity contribution in [3.8, 4) is 17.2 Å². The van der Waals surface area contributed by atoms with E-state index in [-0.39, 0.29) is 5.69 Å². The number of esters is 1. The van der Waals surface area contributed by atoms with Gasteiger partial charge in [-0.2, -0.15) is 10.2 Å². The van der Waals surface area contributed by atoms with Crippen molar-refractivity contribution in [3.05, 3.63) is 54.0 Å². The second-order valence-corrected chi connectivity index (χ2v) is 4.57. The Balaban J connectivity index is 2.17. The molecule has 0 fully saturated rings. The molecule has 0 saturated heterocycles. The Bertz CT molecular complexity index is 797. The van der Waals surface area contributed by atoms with E-state index in [1.165, 1.54) is 11.8 Å². The normalized spacial score (nSPS) is 10.5. The fourth-order valence-corrected chi connectivity index (χ4v) is 1.96. The van der Waals surface area contributed by atoms with Gasteiger partial charge in [0, 0.05) is 12.3 Å². The van der Waals surface area contributed by atoms with Crippen LogP contribution in [0.2, 0.25) is 0 Å². The number of hydrogen-bond donors (Lipinski definition) is 0. The van der Waals surface area contributed by atoms with Crippen LogP contribution < -0.4 is 0 Å². The van der Waals surface area contributed by atoms with Crippen molar-refractivity contribution in [2.24, 2.45) is 0 Å². The summed E-state index contributed by atoms with van der Waals surface area (Å²) in [5.41, 5.74) is 2.29. The molecular formula is C15H13N5O2. The average Bonchev–Trinajstić information content (AvgIpc) is 3.01. The second-order valence-electron chi connectivity index (χ2n) is 4.57. The minimum absolute atomic E-state index is 0.186. The van der Waals surface area contributed by atoms with E-state index < -0.39 is 5.97 Å². The lowest BCUT2D eigenvalue weighted by Gasteiger charge is -2.05. The van der Waals surface area contributed by atoms with E-state index in [0.29, 0.717) is 17.2 Å². The minimum atomic E-state index is -0.518. The van der Waals surface area contributed by atoms with Crippen molar-refractivity contribution in [2.75, 3.05) is 7.11 Å². The Kier molecular flexibility index (Phi) is 3.61. The van der Waals surface area contributed by atoms with Gasteiger partial charge in [0.2, 0.25) is 0 Å². The number of hydrogen-bond acceptors (Lipinski definition) is 6. The van der Waals surface area contributed by atoms with Crippen molar-refractivity contribution in [1.29, 1.82) is 0 Å². The molecule has 110 valence electrons. The zero-order valence-corrected chi connectivity index (χ0v) is 12.1. The van der Waals surface area contributed by atoms with Crippen LogP contribution in [0.4, 0.5) is 0 Å². The zero-order valence-electron chi connectivity index (χ0n) is 12.1. The Hall–Kier alpha value is -3.09. The van der Waals surface area contributed by atoms with Crippen LogP contribution in [0.15, 0.2) is 42.6 Å². The van der Waals surface area contributed by atoms with E-state index in [0.717, 1.165) is 5.69 Å². The molecule has 0 aliphatic heterocycles. The van der Waals surface area contributed by atoms with Crippen LogP contribution in [0.1, 0.15) is 16.2 Å². The third-order valence-electron chi connectivity index (χ3n) is 3.03. The molecule has 0 N–H and O–H groups in total. The summed E-state index contributed by atoms with van der Waals surface area (Å²) in [5.74, 6) is -0.0163. The van der Waals surface area contributed by atoms with Gasteiger partial charge >= 0.3 is 5.97 Å². The van der Waals surface area contributed by atoms with E-state index in [9.17, 15) is 4.79 Å². The molecule has 22 heavy (non-hydrogen) atoms. The first-order chi connectivity index (χ1) is 10.7. The van der Waals surface area contributed by atoms with Gasteiger partial charge in [-0.1, -0.05) is 6.07 Å². The Labute approximate surface area is 126 Å². The molecule has 0 aliphatic carbocycles. The van der Waals surface area contributed by atoms with Crippen LogP contribution in [0.25, 0.3) is 17.2 Å². The van der Waals surface area contributed by atoms with E-state index >= 15 is 0 Å². The summed E-state index contributed by atoms with van der Waals surface area (Å²) in [7, 11) is 1.31. The first kappa shape index (κ1) is 13.9. The molecule has 0 aliphatic rings. The van der Waals surface area contributed by atoms with Crippen molar-refractivity contribution in [2.45, 2.75) is 6.92 Å². The maximum atomic E-state index is 11.7. The van der Waals surface area contributed by atoms with Crippen LogP contribution in [0, 0.1) is 6.92 Å². The van der Waals surface area contributed by atoms with Crippen LogP contribution in [-0.4, -0.2) is 38.0 Å². The summed E-state index contributed by atoms with van der Waals surface area (Å²) in [6.45, 7) is 1.85. The number of ether oxygens (including phenoxy) is 1. The first-order valence-electron chi connectivity index (χ1n) is 6.59. The lowest BCUT2D eigenvalue weighted by atomic mass is 10.2. The predicted molar refractivity (Wildman–Crippen MR) is 78.5 cm³/mol. The van der Waals surface area contributed by atoms with Gasteiger partial charge in [0.25, 0.3) is 0 Å². The third kappa shape index (κ3) is 2.56. The van der Waals surface area contributed by atoms with Crippen molar-refractivity contribution >= 4 is 5.97 Å². The predicted octanol–water partition coefficient (Wildman–Crippen LogP) is 1.82. The smallest absolute Gasteiger partial charge is 0.358 e. The van der Waals surface area contributed by atoms with Crippen molar-refractivity contribution in [3.63, 3.8) is 0 Å². The summed E-state index contributed by atoms with van der Waals surface area (Å²) < 4.78 is 6.25. The maximum absolute atomic E-state index is 11.7. The van der Waals surface area contributed by atoms with Crippen molar-refractivity contribution < 1.29 is 9.53 Å². The highest BCUT2D eigenvalue weighted by Crippen LogP contribution is 2.21. The van der Waals surface area contributed by atoms with E-state index in [4.69, 9.17) is 4.74 Å². The lowest BCUT2D eigenvalue weighted by molar-refractivity contribution is 0.0593. The fourth-order valence-electron chi connectivity index (χ4n) is 1.96. The summed E-state index contributed by atoms with van der Waals surface area (Å²) in [6, 6.07) is 10.7. The van der Waals surface area contributed by atoms with Gasteiger partial charge in [-0.25, -0.2) is 9.48 Å². The molecular weight excluding hydrogens is 282 g/mol. The number of pyridine rings is 1. The van der Waals surface area contributed by atoms with Gasteiger partial charge in [0.15, 0.2) is 11.5 Å².